The molecule has 0 aromatic heterocycles. The molecule has 0 aliphatic rings. The van der Waals surface area contributed by atoms with Gasteiger partial charge < -0.3 is 4.90 Å². The van der Waals surface area contributed by atoms with Crippen molar-refractivity contribution in [2.75, 3.05) is 4.90 Å². The van der Waals surface area contributed by atoms with Crippen LogP contribution >= 0.6 is 0 Å². The van der Waals surface area contributed by atoms with Crippen LogP contribution in [0.1, 0.15) is 25.8 Å². The van der Waals surface area contributed by atoms with Gasteiger partial charge in [-0.25, -0.2) is 0 Å². The van der Waals surface area contributed by atoms with E-state index in [2.05, 4.69) is 135 Å². The van der Waals surface area contributed by atoms with Crippen molar-refractivity contribution in [2.24, 2.45) is 0 Å². The highest BCUT2D eigenvalue weighted by molar-refractivity contribution is 5.80. The summed E-state index contributed by atoms with van der Waals surface area (Å²) in [5.41, 5.74) is 5.98. The van der Waals surface area contributed by atoms with Crippen LogP contribution in [0.25, 0.3) is 11.1 Å². The van der Waals surface area contributed by atoms with E-state index in [4.69, 9.17) is 0 Å². The Balaban J connectivity index is 1.69. The van der Waals surface area contributed by atoms with Crippen molar-refractivity contribution in [3.05, 3.63) is 127 Å². The maximum absolute atomic E-state index is 4.37. The first kappa shape index (κ1) is 21.4. The number of hydrogen-bond acceptors (Lipinski definition) is 1. The third kappa shape index (κ3) is 5.84. The zero-order valence-corrected chi connectivity index (χ0v) is 18.0. The first-order chi connectivity index (χ1) is 14.7. The molecule has 0 radical (unpaired) electrons. The lowest BCUT2D eigenvalue weighted by atomic mass is 10.0. The summed E-state index contributed by atoms with van der Waals surface area (Å²) >= 11 is 0. The highest BCUT2D eigenvalue weighted by atomic mass is 15.2. The molecule has 1 nitrogen and oxygen atoms in total. The number of nitrogens with zero attached hydrogens (tertiary/aromatic N) is 1. The second-order valence-corrected chi connectivity index (χ2v) is 7.64. The Bertz CT molecular complexity index is 981. The van der Waals surface area contributed by atoms with Crippen LogP contribution in [0.2, 0.25) is 0 Å². The molecular weight excluding hydrogens is 362 g/mol. The van der Waals surface area contributed by atoms with Gasteiger partial charge in [0.05, 0.1) is 0 Å². The fourth-order valence-corrected chi connectivity index (χ4v) is 3.60. The standard InChI is InChI=1S/C29H31N/c1-24(2)30(29-23-15-14-22-28(29)27-20-12-7-13-21-27)25(3)16-8-4-5-9-17-26-18-10-6-11-19-26/h5-16,18-24H,3-4,17H2,1-2H3/b9-5-,16-8-. The molecule has 0 fully saturated rings. The summed E-state index contributed by atoms with van der Waals surface area (Å²) in [6.07, 6.45) is 10.6. The minimum atomic E-state index is 0.306. The molecule has 152 valence electrons. The lowest BCUT2D eigenvalue weighted by molar-refractivity contribution is 0.766. The fraction of sp³-hybridized carbons (Fsp3) is 0.172. The van der Waals surface area contributed by atoms with E-state index in [0.29, 0.717) is 6.04 Å². The summed E-state index contributed by atoms with van der Waals surface area (Å²) in [6, 6.07) is 30.0. The Morgan fingerprint density at radius 1 is 0.800 bits per heavy atom. The van der Waals surface area contributed by atoms with Gasteiger partial charge in [-0.15, -0.1) is 0 Å². The van der Waals surface area contributed by atoms with Gasteiger partial charge in [-0.2, -0.15) is 0 Å². The molecule has 0 unspecified atom stereocenters. The van der Waals surface area contributed by atoms with Crippen LogP contribution in [0.5, 0.6) is 0 Å². The highest BCUT2D eigenvalue weighted by Crippen LogP contribution is 2.33. The Hall–Kier alpha value is -3.32. The number of allylic oxidation sites excluding steroid dienone is 4. The molecular formula is C29H31N. The molecule has 0 saturated carbocycles. The van der Waals surface area contributed by atoms with E-state index in [9.17, 15) is 0 Å². The molecule has 0 saturated heterocycles. The van der Waals surface area contributed by atoms with E-state index in [1.54, 1.807) is 0 Å². The SMILES string of the molecule is C=C(/C=C\C/C=C\Cc1ccccc1)N(c1ccccc1-c1ccccc1)C(C)C. The van der Waals surface area contributed by atoms with E-state index < -0.39 is 0 Å². The average molecular weight is 394 g/mol. The van der Waals surface area contributed by atoms with Gasteiger partial charge in [-0.1, -0.05) is 104 Å². The van der Waals surface area contributed by atoms with Crippen LogP contribution in [-0.2, 0) is 6.42 Å². The molecule has 3 aromatic carbocycles. The highest BCUT2D eigenvalue weighted by Gasteiger charge is 2.16. The molecule has 3 aromatic rings. The minimum Gasteiger partial charge on any atom is -0.339 e. The van der Waals surface area contributed by atoms with Crippen LogP contribution in [0.4, 0.5) is 5.69 Å². The van der Waals surface area contributed by atoms with Gasteiger partial charge in [-0.3, -0.25) is 0 Å². The van der Waals surface area contributed by atoms with Crippen LogP contribution < -0.4 is 4.90 Å². The van der Waals surface area contributed by atoms with Crippen LogP contribution in [0, 0.1) is 0 Å². The number of benzene rings is 3. The molecule has 3 rings (SSSR count). The smallest absolute Gasteiger partial charge is 0.0492 e. The number of rotatable bonds is 9. The Kier molecular flexibility index (Phi) is 7.86. The maximum atomic E-state index is 4.37. The van der Waals surface area contributed by atoms with Crippen molar-refractivity contribution < 1.29 is 0 Å². The van der Waals surface area contributed by atoms with Crippen LogP contribution in [-0.4, -0.2) is 6.04 Å². The third-order valence-corrected chi connectivity index (χ3v) is 5.02. The molecule has 0 amide bonds. The van der Waals surface area contributed by atoms with Gasteiger partial charge in [0.25, 0.3) is 0 Å². The predicted octanol–water partition coefficient (Wildman–Crippen LogP) is 7.83. The van der Waals surface area contributed by atoms with E-state index in [0.717, 1.165) is 18.5 Å². The van der Waals surface area contributed by atoms with Gasteiger partial charge in [0.15, 0.2) is 0 Å². The molecule has 0 N–H and O–H groups in total. The van der Waals surface area contributed by atoms with Gasteiger partial charge >= 0.3 is 0 Å². The van der Waals surface area contributed by atoms with Gasteiger partial charge in [0, 0.05) is 23.0 Å². The predicted molar refractivity (Wildman–Crippen MR) is 132 cm³/mol. The topological polar surface area (TPSA) is 3.24 Å². The van der Waals surface area contributed by atoms with Gasteiger partial charge in [0.1, 0.15) is 0 Å². The second-order valence-electron chi connectivity index (χ2n) is 7.64. The molecule has 0 heterocycles. The lowest BCUT2D eigenvalue weighted by Gasteiger charge is -2.31. The zero-order valence-electron chi connectivity index (χ0n) is 18.0. The summed E-state index contributed by atoms with van der Waals surface area (Å²) in [5.74, 6) is 0. The molecule has 0 spiro atoms. The van der Waals surface area contributed by atoms with Crippen molar-refractivity contribution in [1.82, 2.24) is 0 Å². The second kappa shape index (κ2) is 11.0. The number of hydrogen-bond donors (Lipinski definition) is 0. The molecule has 0 atom stereocenters. The number of para-hydroxylation sites is 1. The van der Waals surface area contributed by atoms with Crippen molar-refractivity contribution in [3.63, 3.8) is 0 Å². The lowest BCUT2D eigenvalue weighted by Crippen LogP contribution is -2.29. The maximum Gasteiger partial charge on any atom is 0.0492 e. The van der Waals surface area contributed by atoms with E-state index in [-0.39, 0.29) is 0 Å². The average Bonchev–Trinajstić information content (AvgIpc) is 2.78. The summed E-state index contributed by atoms with van der Waals surface area (Å²) in [5, 5.41) is 0. The Morgan fingerprint density at radius 3 is 2.13 bits per heavy atom. The first-order valence-corrected chi connectivity index (χ1v) is 10.6. The van der Waals surface area contributed by atoms with Crippen molar-refractivity contribution >= 4 is 5.69 Å². The quantitative estimate of drug-likeness (QED) is 0.264. The molecule has 30 heavy (non-hydrogen) atoms. The zero-order chi connectivity index (χ0) is 21.2. The Morgan fingerprint density at radius 2 is 1.43 bits per heavy atom. The van der Waals surface area contributed by atoms with Gasteiger partial charge in [0.2, 0.25) is 0 Å². The minimum absolute atomic E-state index is 0.306. The molecule has 0 bridgehead atoms. The summed E-state index contributed by atoms with van der Waals surface area (Å²) < 4.78 is 0. The van der Waals surface area contributed by atoms with Crippen LogP contribution in [0.15, 0.2) is 122 Å². The molecule has 0 aliphatic heterocycles. The van der Waals surface area contributed by atoms with Crippen molar-refractivity contribution in [1.29, 1.82) is 0 Å². The monoisotopic (exact) mass is 393 g/mol. The number of anilines is 1. The van der Waals surface area contributed by atoms with Gasteiger partial charge in [-0.05, 0) is 50.0 Å². The largest absolute Gasteiger partial charge is 0.339 e. The van der Waals surface area contributed by atoms with E-state index >= 15 is 0 Å². The first-order valence-electron chi connectivity index (χ1n) is 10.6. The van der Waals surface area contributed by atoms with E-state index in [1.165, 1.54) is 22.4 Å². The van der Waals surface area contributed by atoms with E-state index in [1.807, 2.05) is 0 Å². The van der Waals surface area contributed by atoms with Crippen molar-refractivity contribution in [2.45, 2.75) is 32.7 Å². The summed E-state index contributed by atoms with van der Waals surface area (Å²) in [4.78, 5) is 2.31. The van der Waals surface area contributed by atoms with Crippen LogP contribution in [0.3, 0.4) is 0 Å². The van der Waals surface area contributed by atoms with Crippen molar-refractivity contribution in [3.8, 4) is 11.1 Å². The summed E-state index contributed by atoms with van der Waals surface area (Å²) in [7, 11) is 0. The Labute approximate surface area is 181 Å². The third-order valence-electron chi connectivity index (χ3n) is 5.02. The fourth-order valence-electron chi connectivity index (χ4n) is 3.60. The summed E-state index contributed by atoms with van der Waals surface area (Å²) in [6.45, 7) is 8.79. The molecule has 0 aliphatic carbocycles. The molecule has 1 heteroatoms. The normalized spacial score (nSPS) is 11.4.